The van der Waals surface area contributed by atoms with Crippen molar-refractivity contribution in [2.45, 2.75) is 0 Å². The number of aromatic nitrogens is 1. The maximum atomic E-state index is 11.1. The van der Waals surface area contributed by atoms with Crippen LogP contribution in [0.4, 0.5) is 11.4 Å². The third-order valence-electron chi connectivity index (χ3n) is 4.00. The minimum Gasteiger partial charge on any atom is -0.454 e. The molecule has 0 saturated heterocycles. The van der Waals surface area contributed by atoms with E-state index < -0.39 is 4.92 Å². The van der Waals surface area contributed by atoms with Crippen LogP contribution in [0.2, 0.25) is 0 Å². The first-order valence-corrected chi connectivity index (χ1v) is 9.00. The van der Waals surface area contributed by atoms with E-state index in [1.54, 1.807) is 18.2 Å². The highest BCUT2D eigenvalue weighted by Crippen LogP contribution is 2.36. The summed E-state index contributed by atoms with van der Waals surface area (Å²) >= 11 is 1.31. The lowest BCUT2D eigenvalue weighted by atomic mass is 10.1. The number of rotatable bonds is 5. The maximum Gasteiger partial charge on any atom is 0.292 e. The number of fused-ring (bicyclic) bond motifs is 1. The summed E-state index contributed by atoms with van der Waals surface area (Å²) in [5, 5.41) is 25.7. The summed E-state index contributed by atoms with van der Waals surface area (Å²) in [5.74, 6) is 1.34. The number of allylic oxidation sites excluding steroid dienone is 1. The molecule has 0 amide bonds. The van der Waals surface area contributed by atoms with Crippen LogP contribution in [0.25, 0.3) is 16.8 Å². The number of nitro groups is 1. The van der Waals surface area contributed by atoms with Gasteiger partial charge in [-0.15, -0.1) is 11.3 Å². The number of hydrogen-bond donors (Lipinski definition) is 1. The fourth-order valence-electron chi connectivity index (χ4n) is 2.63. The molecule has 0 spiro atoms. The van der Waals surface area contributed by atoms with Crippen molar-refractivity contribution >= 4 is 28.3 Å². The monoisotopic (exact) mass is 392 g/mol. The van der Waals surface area contributed by atoms with Crippen LogP contribution in [0.1, 0.15) is 5.01 Å². The van der Waals surface area contributed by atoms with Gasteiger partial charge in [0.1, 0.15) is 22.3 Å². The van der Waals surface area contributed by atoms with Crippen molar-refractivity contribution < 1.29 is 14.4 Å². The van der Waals surface area contributed by atoms with Gasteiger partial charge in [-0.1, -0.05) is 12.1 Å². The van der Waals surface area contributed by atoms with E-state index in [-0.39, 0.29) is 18.1 Å². The van der Waals surface area contributed by atoms with E-state index >= 15 is 0 Å². The first kappa shape index (κ1) is 17.5. The van der Waals surface area contributed by atoms with Crippen LogP contribution in [0.15, 0.2) is 54.0 Å². The fraction of sp³-hybridized carbons (Fsp3) is 0.0526. The third-order valence-corrected chi connectivity index (χ3v) is 4.87. The Kier molecular flexibility index (Phi) is 4.62. The average Bonchev–Trinajstić information content (AvgIpc) is 3.37. The van der Waals surface area contributed by atoms with Gasteiger partial charge in [0.2, 0.25) is 6.79 Å². The van der Waals surface area contributed by atoms with Crippen molar-refractivity contribution in [1.29, 1.82) is 5.26 Å². The van der Waals surface area contributed by atoms with Gasteiger partial charge in [0.05, 0.1) is 10.6 Å². The topological polar surface area (TPSA) is 110 Å². The molecule has 1 N–H and O–H groups in total. The van der Waals surface area contributed by atoms with Crippen LogP contribution < -0.4 is 14.8 Å². The second-order valence-electron chi connectivity index (χ2n) is 5.69. The number of benzene rings is 2. The quantitative estimate of drug-likeness (QED) is 0.389. The molecule has 0 bridgehead atoms. The number of thiazole rings is 1. The smallest absolute Gasteiger partial charge is 0.292 e. The summed E-state index contributed by atoms with van der Waals surface area (Å²) < 4.78 is 10.7. The molecule has 0 atom stereocenters. The minimum absolute atomic E-state index is 0.0729. The summed E-state index contributed by atoms with van der Waals surface area (Å²) in [6, 6.07) is 13.8. The average molecular weight is 392 g/mol. The Morgan fingerprint density at radius 1 is 1.29 bits per heavy atom. The summed E-state index contributed by atoms with van der Waals surface area (Å²) in [7, 11) is 0. The SMILES string of the molecule is N#C/C(=C/Nc1ccccc1[N+](=O)[O-])c1nc(-c2ccc3c(c2)OCO3)cs1. The molecule has 4 rings (SSSR count). The number of para-hydroxylation sites is 2. The summed E-state index contributed by atoms with van der Waals surface area (Å²) in [6.45, 7) is 0.194. The van der Waals surface area contributed by atoms with Crippen LogP contribution in [0, 0.1) is 21.4 Å². The highest BCUT2D eigenvalue weighted by molar-refractivity contribution is 7.11. The van der Waals surface area contributed by atoms with Gasteiger partial charge < -0.3 is 14.8 Å². The molecule has 28 heavy (non-hydrogen) atoms. The molecule has 0 radical (unpaired) electrons. The lowest BCUT2D eigenvalue weighted by Crippen LogP contribution is -1.96. The summed E-state index contributed by atoms with van der Waals surface area (Å²) in [4.78, 5) is 15.1. The van der Waals surface area contributed by atoms with Crippen molar-refractivity contribution in [1.82, 2.24) is 4.98 Å². The number of hydrogen-bond acceptors (Lipinski definition) is 8. The molecule has 0 unspecified atom stereocenters. The van der Waals surface area contributed by atoms with Gasteiger partial charge in [-0.2, -0.15) is 5.26 Å². The van der Waals surface area contributed by atoms with E-state index in [0.29, 0.717) is 27.9 Å². The Morgan fingerprint density at radius 2 is 2.11 bits per heavy atom. The molecule has 1 aliphatic rings. The minimum atomic E-state index is -0.483. The van der Waals surface area contributed by atoms with E-state index in [2.05, 4.69) is 16.4 Å². The molecule has 9 heteroatoms. The fourth-order valence-corrected chi connectivity index (χ4v) is 3.43. The zero-order valence-corrected chi connectivity index (χ0v) is 15.1. The van der Waals surface area contributed by atoms with Crippen LogP contribution in [-0.4, -0.2) is 16.7 Å². The van der Waals surface area contributed by atoms with Gasteiger partial charge >= 0.3 is 0 Å². The number of nitrogens with one attached hydrogen (secondary N) is 1. The summed E-state index contributed by atoms with van der Waals surface area (Å²) in [6.07, 6.45) is 1.42. The van der Waals surface area contributed by atoms with Gasteiger partial charge in [-0.25, -0.2) is 4.98 Å². The Morgan fingerprint density at radius 3 is 2.93 bits per heavy atom. The zero-order valence-electron chi connectivity index (χ0n) is 14.3. The van der Waals surface area contributed by atoms with Gasteiger partial charge in [-0.3, -0.25) is 10.1 Å². The van der Waals surface area contributed by atoms with Gasteiger partial charge in [0.15, 0.2) is 11.5 Å². The molecule has 1 aliphatic heterocycles. The van der Waals surface area contributed by atoms with Crippen LogP contribution in [-0.2, 0) is 0 Å². The molecule has 3 aromatic rings. The highest BCUT2D eigenvalue weighted by atomic mass is 32.1. The normalized spacial score (nSPS) is 12.5. The Labute approximate surface area is 163 Å². The van der Waals surface area contributed by atoms with E-state index in [1.165, 1.54) is 23.6 Å². The van der Waals surface area contributed by atoms with Crippen LogP contribution >= 0.6 is 11.3 Å². The molecular formula is C19H12N4O4S. The first-order valence-electron chi connectivity index (χ1n) is 8.12. The standard InChI is InChI=1S/C19H12N4O4S/c20-8-13(9-21-14-3-1-2-4-16(14)23(24)25)19-22-15(10-28-19)12-5-6-17-18(7-12)27-11-26-17/h1-7,9-10,21H,11H2/b13-9-. The molecule has 0 aliphatic carbocycles. The van der Waals surface area contributed by atoms with Gasteiger partial charge in [0.25, 0.3) is 5.69 Å². The molecule has 2 heterocycles. The van der Waals surface area contributed by atoms with E-state index in [1.807, 2.05) is 23.6 Å². The van der Waals surface area contributed by atoms with Crippen molar-refractivity contribution in [3.63, 3.8) is 0 Å². The number of nitro benzene ring substituents is 1. The van der Waals surface area contributed by atoms with Crippen molar-refractivity contribution in [3.8, 4) is 28.8 Å². The van der Waals surface area contributed by atoms with E-state index in [9.17, 15) is 15.4 Å². The highest BCUT2D eigenvalue weighted by Gasteiger charge is 2.16. The van der Waals surface area contributed by atoms with Crippen molar-refractivity contribution in [3.05, 3.63) is 69.2 Å². The Balaban J connectivity index is 1.59. The molecular weight excluding hydrogens is 380 g/mol. The largest absolute Gasteiger partial charge is 0.454 e. The molecule has 138 valence electrons. The zero-order chi connectivity index (χ0) is 19.5. The lowest BCUT2D eigenvalue weighted by molar-refractivity contribution is -0.383. The number of nitrogens with zero attached hydrogens (tertiary/aromatic N) is 3. The number of anilines is 1. The molecule has 8 nitrogen and oxygen atoms in total. The molecule has 1 aromatic heterocycles. The molecule has 2 aromatic carbocycles. The van der Waals surface area contributed by atoms with Gasteiger partial charge in [0, 0.05) is 23.2 Å². The molecule has 0 saturated carbocycles. The van der Waals surface area contributed by atoms with Crippen molar-refractivity contribution in [2.75, 3.05) is 12.1 Å². The van der Waals surface area contributed by atoms with E-state index in [4.69, 9.17) is 9.47 Å². The first-order chi connectivity index (χ1) is 13.7. The van der Waals surface area contributed by atoms with Crippen LogP contribution in [0.5, 0.6) is 11.5 Å². The maximum absolute atomic E-state index is 11.1. The second-order valence-corrected chi connectivity index (χ2v) is 6.55. The Bertz CT molecular complexity index is 1130. The second kappa shape index (κ2) is 7.38. The number of ether oxygens (including phenoxy) is 2. The van der Waals surface area contributed by atoms with Crippen molar-refractivity contribution in [2.24, 2.45) is 0 Å². The van der Waals surface area contributed by atoms with E-state index in [0.717, 1.165) is 5.56 Å². The molecule has 0 fully saturated rings. The van der Waals surface area contributed by atoms with Crippen LogP contribution in [0.3, 0.4) is 0 Å². The van der Waals surface area contributed by atoms with Gasteiger partial charge in [-0.05, 0) is 24.3 Å². The third kappa shape index (κ3) is 3.36. The lowest BCUT2D eigenvalue weighted by Gasteiger charge is -2.02. The predicted molar refractivity (Wildman–Crippen MR) is 104 cm³/mol. The summed E-state index contributed by atoms with van der Waals surface area (Å²) in [5.41, 5.74) is 2.04. The Hall–Kier alpha value is -3.90. The predicted octanol–water partition coefficient (Wildman–Crippen LogP) is 4.42. The number of nitriles is 1.